The average molecular weight is 493 g/mol. The molecule has 0 spiro atoms. The van der Waals surface area contributed by atoms with Crippen LogP contribution in [0.3, 0.4) is 0 Å². The number of fused-ring (bicyclic) bond motifs is 2. The minimum Gasteiger partial charge on any atom is -0.395 e. The summed E-state index contributed by atoms with van der Waals surface area (Å²) in [7, 11) is 0. The first-order valence-corrected chi connectivity index (χ1v) is 11.7. The van der Waals surface area contributed by atoms with Crippen LogP contribution < -0.4 is 18.9 Å². The highest BCUT2D eigenvalue weighted by Crippen LogP contribution is 2.43. The molecule has 5 aromatic rings. The van der Waals surface area contributed by atoms with Crippen molar-refractivity contribution in [3.63, 3.8) is 0 Å². The molecular weight excluding hydrogens is 468 g/mol. The quantitative estimate of drug-likeness (QED) is 0.143. The molecule has 37 heavy (non-hydrogen) atoms. The van der Waals surface area contributed by atoms with Gasteiger partial charge in [0, 0.05) is 21.5 Å². The Labute approximate surface area is 214 Å². The Kier molecular flexibility index (Phi) is 6.47. The zero-order valence-electron chi connectivity index (χ0n) is 20.6. The third-order valence-corrected chi connectivity index (χ3v) is 5.90. The van der Waals surface area contributed by atoms with Crippen LogP contribution in [0.4, 0.5) is 9.59 Å². The summed E-state index contributed by atoms with van der Waals surface area (Å²) in [5.41, 5.74) is 3.03. The number of benzene rings is 5. The molecule has 0 saturated heterocycles. The van der Waals surface area contributed by atoms with Crippen molar-refractivity contribution >= 4 is 33.9 Å². The maximum absolute atomic E-state index is 12.8. The predicted molar refractivity (Wildman–Crippen MR) is 142 cm³/mol. The van der Waals surface area contributed by atoms with E-state index >= 15 is 0 Å². The molecule has 0 aliphatic heterocycles. The fourth-order valence-electron chi connectivity index (χ4n) is 4.05. The average Bonchev–Trinajstić information content (AvgIpc) is 2.88. The summed E-state index contributed by atoms with van der Waals surface area (Å²) >= 11 is 0. The minimum absolute atomic E-state index is 0.307. The largest absolute Gasteiger partial charge is 0.519 e. The van der Waals surface area contributed by atoms with Crippen LogP contribution in [0.25, 0.3) is 21.5 Å². The van der Waals surface area contributed by atoms with Gasteiger partial charge in [-0.2, -0.15) is 0 Å². The van der Waals surface area contributed by atoms with E-state index < -0.39 is 12.3 Å². The third-order valence-electron chi connectivity index (χ3n) is 5.90. The lowest BCUT2D eigenvalue weighted by atomic mass is 9.99. The third kappa shape index (κ3) is 5.23. The Morgan fingerprint density at radius 2 is 0.865 bits per heavy atom. The molecule has 0 atom stereocenters. The molecule has 0 fully saturated rings. The van der Waals surface area contributed by atoms with Crippen molar-refractivity contribution in [1.29, 1.82) is 0 Å². The van der Waals surface area contributed by atoms with Crippen LogP contribution in [0.1, 0.15) is 16.7 Å². The van der Waals surface area contributed by atoms with Gasteiger partial charge in [-0.15, -0.1) is 0 Å². The van der Waals surface area contributed by atoms with Crippen LogP contribution in [0.2, 0.25) is 0 Å². The van der Waals surface area contributed by atoms with Crippen molar-refractivity contribution in [3.8, 4) is 23.0 Å². The molecule has 0 unspecified atom stereocenters. The maximum Gasteiger partial charge on any atom is 0.519 e. The van der Waals surface area contributed by atoms with E-state index in [0.717, 1.165) is 16.7 Å². The zero-order valence-corrected chi connectivity index (χ0v) is 20.6. The lowest BCUT2D eigenvalue weighted by Crippen LogP contribution is -2.16. The molecule has 5 rings (SSSR count). The van der Waals surface area contributed by atoms with Crippen molar-refractivity contribution in [2.75, 3.05) is 0 Å². The monoisotopic (exact) mass is 492 g/mol. The van der Waals surface area contributed by atoms with Gasteiger partial charge in [-0.05, 0) is 51.1 Å². The molecular formula is C31H24O6. The van der Waals surface area contributed by atoms with Gasteiger partial charge in [0.2, 0.25) is 0 Å². The normalized spacial score (nSPS) is 10.8. The van der Waals surface area contributed by atoms with Crippen LogP contribution >= 0.6 is 0 Å². The van der Waals surface area contributed by atoms with E-state index in [1.807, 2.05) is 75.4 Å². The van der Waals surface area contributed by atoms with Gasteiger partial charge in [0.1, 0.15) is 23.0 Å². The van der Waals surface area contributed by atoms with E-state index in [-0.39, 0.29) is 0 Å². The van der Waals surface area contributed by atoms with Crippen molar-refractivity contribution in [2.24, 2.45) is 0 Å². The molecule has 0 bridgehead atoms. The Morgan fingerprint density at radius 1 is 0.459 bits per heavy atom. The Bertz CT molecular complexity index is 1620. The van der Waals surface area contributed by atoms with E-state index in [2.05, 4.69) is 0 Å². The molecule has 0 amide bonds. The summed E-state index contributed by atoms with van der Waals surface area (Å²) in [4.78, 5) is 25.5. The zero-order chi connectivity index (χ0) is 25.9. The molecule has 0 aliphatic rings. The van der Waals surface area contributed by atoms with Gasteiger partial charge >= 0.3 is 12.3 Å². The van der Waals surface area contributed by atoms with Crippen LogP contribution in [0.5, 0.6) is 23.0 Å². The lowest BCUT2D eigenvalue weighted by molar-refractivity contribution is 0.151. The summed E-state index contributed by atoms with van der Waals surface area (Å²) < 4.78 is 22.3. The summed E-state index contributed by atoms with van der Waals surface area (Å²) in [5.74, 6) is 1.37. The van der Waals surface area contributed by atoms with E-state index in [4.69, 9.17) is 18.9 Å². The highest BCUT2D eigenvalue weighted by molar-refractivity contribution is 6.12. The Hall–Kier alpha value is -4.84. The molecule has 184 valence electrons. The van der Waals surface area contributed by atoms with Gasteiger partial charge in [0.15, 0.2) is 0 Å². The van der Waals surface area contributed by atoms with Crippen LogP contribution in [0.15, 0.2) is 91.0 Å². The number of ether oxygens (including phenoxy) is 4. The predicted octanol–water partition coefficient (Wildman–Crippen LogP) is 8.07. The number of rotatable bonds is 4. The first kappa shape index (κ1) is 23.9. The standard InChI is InChI=1S/C31H24O6/c1-19-8-13-22(14-9-19)34-30(32)36-28-24-6-4-5-7-25(24)29(27-18-21(3)12-17-26(27)28)37-31(33)35-23-15-10-20(2)11-16-23/h4-18H,1-3H3. The molecule has 0 saturated carbocycles. The molecule has 5 aromatic carbocycles. The molecule has 0 N–H and O–H groups in total. The SMILES string of the molecule is Cc1ccc(OC(=O)Oc2c3ccccc3c(OC(=O)Oc3ccc(C)cc3)c3cc(C)ccc23)cc1. The van der Waals surface area contributed by atoms with Gasteiger partial charge in [-0.3, -0.25) is 0 Å². The summed E-state index contributed by atoms with van der Waals surface area (Å²) in [6.45, 7) is 5.82. The molecule has 0 aliphatic carbocycles. The Balaban J connectivity index is 1.54. The molecule has 0 aromatic heterocycles. The van der Waals surface area contributed by atoms with Gasteiger partial charge in [0.05, 0.1) is 0 Å². The number of carbonyl (C=O) groups excluding carboxylic acids is 2. The minimum atomic E-state index is -0.872. The number of carbonyl (C=O) groups is 2. The second-order valence-electron chi connectivity index (χ2n) is 8.79. The van der Waals surface area contributed by atoms with Crippen molar-refractivity contribution < 1.29 is 28.5 Å². The summed E-state index contributed by atoms with van der Waals surface area (Å²) in [5, 5.41) is 2.35. The molecule has 0 heterocycles. The highest BCUT2D eigenvalue weighted by Gasteiger charge is 2.22. The first-order chi connectivity index (χ1) is 17.9. The van der Waals surface area contributed by atoms with E-state index in [9.17, 15) is 9.59 Å². The molecule has 0 radical (unpaired) electrons. The van der Waals surface area contributed by atoms with Crippen LogP contribution in [-0.4, -0.2) is 12.3 Å². The maximum atomic E-state index is 12.8. The summed E-state index contributed by atoms with van der Waals surface area (Å²) in [6.07, 6.45) is -1.74. The second-order valence-corrected chi connectivity index (χ2v) is 8.79. The molecule has 6 heteroatoms. The van der Waals surface area contributed by atoms with Gasteiger partial charge in [-0.25, -0.2) is 9.59 Å². The lowest BCUT2D eigenvalue weighted by Gasteiger charge is -2.16. The van der Waals surface area contributed by atoms with Gasteiger partial charge < -0.3 is 18.9 Å². The number of aryl methyl sites for hydroxylation is 3. The van der Waals surface area contributed by atoms with Crippen molar-refractivity contribution in [2.45, 2.75) is 20.8 Å². The van der Waals surface area contributed by atoms with Gasteiger partial charge in [0.25, 0.3) is 0 Å². The number of hydrogen-bond acceptors (Lipinski definition) is 6. The number of hydrogen-bond donors (Lipinski definition) is 0. The highest BCUT2D eigenvalue weighted by atomic mass is 16.7. The first-order valence-electron chi connectivity index (χ1n) is 11.7. The summed E-state index contributed by atoms with van der Waals surface area (Å²) in [6, 6.07) is 27.0. The van der Waals surface area contributed by atoms with Crippen LogP contribution in [-0.2, 0) is 0 Å². The van der Waals surface area contributed by atoms with Gasteiger partial charge in [-0.1, -0.05) is 77.4 Å². The Morgan fingerprint density at radius 3 is 1.35 bits per heavy atom. The van der Waals surface area contributed by atoms with E-state index in [0.29, 0.717) is 44.5 Å². The van der Waals surface area contributed by atoms with E-state index in [1.165, 1.54) is 0 Å². The molecule has 6 nitrogen and oxygen atoms in total. The van der Waals surface area contributed by atoms with Crippen molar-refractivity contribution in [1.82, 2.24) is 0 Å². The van der Waals surface area contributed by atoms with E-state index in [1.54, 1.807) is 36.4 Å². The fourth-order valence-corrected chi connectivity index (χ4v) is 4.05. The second kappa shape index (κ2) is 10.0. The smallest absolute Gasteiger partial charge is 0.395 e. The van der Waals surface area contributed by atoms with Crippen molar-refractivity contribution in [3.05, 3.63) is 108 Å². The van der Waals surface area contributed by atoms with Crippen LogP contribution in [0, 0.1) is 20.8 Å². The fraction of sp³-hybridized carbons (Fsp3) is 0.0968. The topological polar surface area (TPSA) is 71.1 Å².